The number of piperazine rings is 1. The number of sulfonamides is 1. The van der Waals surface area contributed by atoms with E-state index in [9.17, 15) is 13.2 Å². The molecular formula is C19H19ClN4O4S. The Labute approximate surface area is 173 Å². The van der Waals surface area contributed by atoms with Crippen molar-refractivity contribution in [3.05, 3.63) is 59.4 Å². The molecule has 1 aliphatic rings. The zero-order valence-electron chi connectivity index (χ0n) is 15.4. The van der Waals surface area contributed by atoms with Crippen LogP contribution in [0.5, 0.6) is 0 Å². The Balaban J connectivity index is 1.38. The monoisotopic (exact) mass is 434 g/mol. The number of benzene rings is 2. The summed E-state index contributed by atoms with van der Waals surface area (Å²) in [4.78, 5) is 20.8. The van der Waals surface area contributed by atoms with E-state index in [1.165, 1.54) is 21.3 Å². The first kappa shape index (κ1) is 19.7. The van der Waals surface area contributed by atoms with Crippen LogP contribution in [0.3, 0.4) is 0 Å². The summed E-state index contributed by atoms with van der Waals surface area (Å²) in [6, 6.07) is 14.0. The number of hydrogen-bond donors (Lipinski definition) is 1. The summed E-state index contributed by atoms with van der Waals surface area (Å²) < 4.78 is 32.6. The molecule has 2 heterocycles. The Morgan fingerprint density at radius 3 is 2.55 bits per heavy atom. The fourth-order valence-electron chi connectivity index (χ4n) is 3.19. The number of carbonyl (C=O) groups excluding carboxylic acids is 1. The van der Waals surface area contributed by atoms with Gasteiger partial charge >= 0.3 is 6.09 Å². The zero-order valence-corrected chi connectivity index (χ0v) is 17.0. The summed E-state index contributed by atoms with van der Waals surface area (Å²) in [5.74, 6) is 0. The van der Waals surface area contributed by atoms with Crippen LogP contribution in [-0.4, -0.2) is 59.9 Å². The number of nitrogens with zero attached hydrogens (tertiary/aromatic N) is 3. The molecule has 4 rings (SSSR count). The average molecular weight is 435 g/mol. The molecule has 0 bridgehead atoms. The van der Waals surface area contributed by atoms with E-state index in [2.05, 4.69) is 9.97 Å². The summed E-state index contributed by atoms with van der Waals surface area (Å²) in [5, 5.41) is 0.206. The predicted octanol–water partition coefficient (Wildman–Crippen LogP) is 2.86. The van der Waals surface area contributed by atoms with Crippen molar-refractivity contribution in [3.63, 3.8) is 0 Å². The van der Waals surface area contributed by atoms with Gasteiger partial charge in [0.15, 0.2) is 0 Å². The van der Waals surface area contributed by atoms with E-state index in [4.69, 9.17) is 16.3 Å². The molecule has 0 spiro atoms. The second-order valence-corrected chi connectivity index (χ2v) is 8.93. The maximum Gasteiger partial charge on any atom is 0.410 e. The first-order chi connectivity index (χ1) is 13.9. The molecule has 0 saturated carbocycles. The van der Waals surface area contributed by atoms with Crippen LogP contribution in [0.4, 0.5) is 4.79 Å². The third-order valence-corrected chi connectivity index (χ3v) is 6.84. The molecule has 0 radical (unpaired) electrons. The number of carbonyl (C=O) groups is 1. The second kappa shape index (κ2) is 8.02. The van der Waals surface area contributed by atoms with Gasteiger partial charge in [-0.2, -0.15) is 4.31 Å². The number of ether oxygens (including phenoxy) is 1. The van der Waals surface area contributed by atoms with Gasteiger partial charge in [0, 0.05) is 26.2 Å². The standard InChI is InChI=1S/C19H19ClN4O4S/c20-18-21-16-7-6-15(12-17(16)22-18)29(26,27)24-10-8-23(9-11-24)19(25)28-13-14-4-2-1-3-5-14/h1-7,12H,8-11,13H2,(H,21,22). The van der Waals surface area contributed by atoms with Crippen LogP contribution in [0, 0.1) is 0 Å². The molecule has 1 aliphatic heterocycles. The van der Waals surface area contributed by atoms with Crippen molar-refractivity contribution in [2.24, 2.45) is 0 Å². The van der Waals surface area contributed by atoms with Gasteiger partial charge in [-0.05, 0) is 35.4 Å². The Hall–Kier alpha value is -2.62. The van der Waals surface area contributed by atoms with Crippen molar-refractivity contribution in [1.82, 2.24) is 19.2 Å². The minimum atomic E-state index is -3.68. The fourth-order valence-corrected chi connectivity index (χ4v) is 4.83. The lowest BCUT2D eigenvalue weighted by molar-refractivity contribution is 0.0838. The van der Waals surface area contributed by atoms with Gasteiger partial charge in [0.1, 0.15) is 6.61 Å². The normalized spacial score (nSPS) is 15.6. The molecule has 3 aromatic rings. The highest BCUT2D eigenvalue weighted by Gasteiger charge is 2.31. The SMILES string of the molecule is O=C(OCc1ccccc1)N1CCN(S(=O)(=O)c2ccc3nc(Cl)[nH]c3c2)CC1. The molecule has 2 aromatic carbocycles. The van der Waals surface area contributed by atoms with E-state index >= 15 is 0 Å². The molecule has 0 aliphatic carbocycles. The van der Waals surface area contributed by atoms with Gasteiger partial charge in [-0.25, -0.2) is 18.2 Å². The quantitative estimate of drug-likeness (QED) is 0.681. The third kappa shape index (κ3) is 4.21. The van der Waals surface area contributed by atoms with Crippen LogP contribution < -0.4 is 0 Å². The van der Waals surface area contributed by atoms with Gasteiger partial charge < -0.3 is 14.6 Å². The largest absolute Gasteiger partial charge is 0.445 e. The number of hydrogen-bond acceptors (Lipinski definition) is 5. The van der Waals surface area contributed by atoms with Crippen LogP contribution in [0.25, 0.3) is 11.0 Å². The molecule has 1 amide bonds. The highest BCUT2D eigenvalue weighted by atomic mass is 35.5. The van der Waals surface area contributed by atoms with Crippen LogP contribution in [-0.2, 0) is 21.4 Å². The fraction of sp³-hybridized carbons (Fsp3) is 0.263. The average Bonchev–Trinajstić information content (AvgIpc) is 3.12. The van der Waals surface area contributed by atoms with Crippen molar-refractivity contribution in [3.8, 4) is 0 Å². The number of halogens is 1. The highest BCUT2D eigenvalue weighted by molar-refractivity contribution is 7.89. The van der Waals surface area contributed by atoms with Gasteiger partial charge in [-0.1, -0.05) is 30.3 Å². The lowest BCUT2D eigenvalue weighted by Crippen LogP contribution is -2.50. The van der Waals surface area contributed by atoms with E-state index in [1.54, 1.807) is 6.07 Å². The Morgan fingerprint density at radius 1 is 1.10 bits per heavy atom. The first-order valence-corrected chi connectivity index (χ1v) is 10.9. The van der Waals surface area contributed by atoms with Gasteiger partial charge in [-0.15, -0.1) is 0 Å². The summed E-state index contributed by atoms with van der Waals surface area (Å²) in [6.07, 6.45) is -0.445. The maximum absolute atomic E-state index is 12.9. The molecule has 152 valence electrons. The molecular weight excluding hydrogens is 416 g/mol. The van der Waals surface area contributed by atoms with Crippen LogP contribution >= 0.6 is 11.6 Å². The Bertz CT molecular complexity index is 1130. The molecule has 1 aromatic heterocycles. The Kier molecular flexibility index (Phi) is 5.44. The second-order valence-electron chi connectivity index (χ2n) is 6.64. The third-order valence-electron chi connectivity index (χ3n) is 4.76. The molecule has 0 atom stereocenters. The molecule has 29 heavy (non-hydrogen) atoms. The number of imidazole rings is 1. The van der Waals surface area contributed by atoms with E-state index in [0.29, 0.717) is 11.0 Å². The molecule has 0 unspecified atom stereocenters. The van der Waals surface area contributed by atoms with Crippen molar-refractivity contribution in [2.75, 3.05) is 26.2 Å². The lowest BCUT2D eigenvalue weighted by atomic mass is 10.2. The maximum atomic E-state index is 12.9. The highest BCUT2D eigenvalue weighted by Crippen LogP contribution is 2.23. The smallest absolute Gasteiger partial charge is 0.410 e. The number of aromatic nitrogens is 2. The van der Waals surface area contributed by atoms with Gasteiger partial charge in [0.2, 0.25) is 15.3 Å². The lowest BCUT2D eigenvalue weighted by Gasteiger charge is -2.33. The van der Waals surface area contributed by atoms with Crippen LogP contribution in [0.15, 0.2) is 53.4 Å². The minimum Gasteiger partial charge on any atom is -0.445 e. The molecule has 1 N–H and O–H groups in total. The summed E-state index contributed by atoms with van der Waals surface area (Å²) in [5.41, 5.74) is 2.05. The topological polar surface area (TPSA) is 95.6 Å². The van der Waals surface area contributed by atoms with Crippen molar-refractivity contribution in [2.45, 2.75) is 11.5 Å². The molecule has 1 saturated heterocycles. The van der Waals surface area contributed by atoms with Crippen molar-refractivity contribution in [1.29, 1.82) is 0 Å². The van der Waals surface area contributed by atoms with E-state index in [1.807, 2.05) is 30.3 Å². The summed E-state index contributed by atoms with van der Waals surface area (Å²) in [7, 11) is -3.68. The number of aromatic amines is 1. The number of rotatable bonds is 4. The van der Waals surface area contributed by atoms with Crippen molar-refractivity contribution < 1.29 is 17.9 Å². The van der Waals surface area contributed by atoms with Gasteiger partial charge in [0.05, 0.1) is 15.9 Å². The summed E-state index contributed by atoms with van der Waals surface area (Å²) in [6.45, 7) is 1.12. The van der Waals surface area contributed by atoms with Gasteiger partial charge in [0.25, 0.3) is 0 Å². The summed E-state index contributed by atoms with van der Waals surface area (Å²) >= 11 is 5.83. The van der Waals surface area contributed by atoms with Crippen LogP contribution in [0.2, 0.25) is 5.28 Å². The first-order valence-electron chi connectivity index (χ1n) is 9.04. The number of H-pyrrole nitrogens is 1. The molecule has 8 nitrogen and oxygen atoms in total. The number of amides is 1. The van der Waals surface area contributed by atoms with Crippen LogP contribution in [0.1, 0.15) is 5.56 Å². The van der Waals surface area contributed by atoms with E-state index < -0.39 is 16.1 Å². The zero-order chi connectivity index (χ0) is 20.4. The van der Waals surface area contributed by atoms with Gasteiger partial charge in [-0.3, -0.25) is 0 Å². The predicted molar refractivity (Wildman–Crippen MR) is 108 cm³/mol. The molecule has 1 fully saturated rings. The van der Waals surface area contributed by atoms with E-state index in [0.717, 1.165) is 5.56 Å². The van der Waals surface area contributed by atoms with Crippen molar-refractivity contribution >= 4 is 38.8 Å². The minimum absolute atomic E-state index is 0.158. The number of nitrogens with one attached hydrogen (secondary N) is 1. The molecule has 10 heteroatoms. The number of fused-ring (bicyclic) bond motifs is 1. The Morgan fingerprint density at radius 2 is 1.83 bits per heavy atom. The van der Waals surface area contributed by atoms with E-state index in [-0.39, 0.29) is 43.0 Å².